The Morgan fingerprint density at radius 2 is 2.11 bits per heavy atom. The minimum atomic E-state index is -0.800. The molecular weight excluding hydrogens is 242 g/mol. The summed E-state index contributed by atoms with van der Waals surface area (Å²) in [5, 5.41) is 16.7. The van der Waals surface area contributed by atoms with E-state index in [-0.39, 0.29) is 12.3 Å². The molecule has 0 aliphatic heterocycles. The van der Waals surface area contributed by atoms with Crippen LogP contribution < -0.4 is 5.32 Å². The fraction of sp³-hybridized carbons (Fsp3) is 0.286. The minimum absolute atomic E-state index is 0.0135. The second kappa shape index (κ2) is 5.67. The molecule has 0 aliphatic rings. The first-order valence-electron chi connectivity index (χ1n) is 6.10. The van der Waals surface area contributed by atoms with Crippen molar-refractivity contribution >= 4 is 11.7 Å². The molecule has 1 amide bonds. The Hall–Kier alpha value is -2.14. The highest BCUT2D eigenvalue weighted by Gasteiger charge is 2.13. The lowest BCUT2D eigenvalue weighted by atomic mass is 10.1. The second-order valence-corrected chi connectivity index (χ2v) is 4.47. The van der Waals surface area contributed by atoms with Crippen LogP contribution in [0.5, 0.6) is 0 Å². The minimum Gasteiger partial charge on any atom is -0.388 e. The molecule has 2 N–H and O–H groups in total. The van der Waals surface area contributed by atoms with Crippen LogP contribution in [0.2, 0.25) is 0 Å². The SMILES string of the molecule is Cc1cc(NC(=O)CC(O)c2ccccc2)nn1C. The van der Waals surface area contributed by atoms with Gasteiger partial charge in [0.1, 0.15) is 0 Å². The zero-order valence-electron chi connectivity index (χ0n) is 11.0. The number of carbonyl (C=O) groups is 1. The van der Waals surface area contributed by atoms with Gasteiger partial charge in [0.15, 0.2) is 5.82 Å². The van der Waals surface area contributed by atoms with Gasteiger partial charge in [-0.3, -0.25) is 9.48 Å². The van der Waals surface area contributed by atoms with Crippen molar-refractivity contribution < 1.29 is 9.90 Å². The van der Waals surface area contributed by atoms with Crippen molar-refractivity contribution in [3.05, 3.63) is 47.7 Å². The van der Waals surface area contributed by atoms with E-state index in [0.717, 1.165) is 11.3 Å². The lowest BCUT2D eigenvalue weighted by Gasteiger charge is -2.10. The molecule has 19 heavy (non-hydrogen) atoms. The van der Waals surface area contributed by atoms with E-state index in [1.807, 2.05) is 32.2 Å². The number of hydrogen-bond acceptors (Lipinski definition) is 3. The molecule has 0 fully saturated rings. The van der Waals surface area contributed by atoms with Gasteiger partial charge in [-0.05, 0) is 12.5 Å². The van der Waals surface area contributed by atoms with E-state index in [1.54, 1.807) is 22.9 Å². The predicted octanol–water partition coefficient (Wildman–Crippen LogP) is 1.79. The Morgan fingerprint density at radius 1 is 1.42 bits per heavy atom. The van der Waals surface area contributed by atoms with E-state index >= 15 is 0 Å². The molecule has 0 spiro atoms. The Bertz CT molecular complexity index is 544. The quantitative estimate of drug-likeness (QED) is 0.879. The highest BCUT2D eigenvalue weighted by atomic mass is 16.3. The summed E-state index contributed by atoms with van der Waals surface area (Å²) in [7, 11) is 1.81. The lowest BCUT2D eigenvalue weighted by molar-refractivity contribution is -0.118. The molecule has 5 heteroatoms. The van der Waals surface area contributed by atoms with E-state index in [4.69, 9.17) is 0 Å². The number of amides is 1. The topological polar surface area (TPSA) is 67.2 Å². The van der Waals surface area contributed by atoms with Crippen molar-refractivity contribution in [2.75, 3.05) is 5.32 Å². The van der Waals surface area contributed by atoms with E-state index in [2.05, 4.69) is 10.4 Å². The van der Waals surface area contributed by atoms with Gasteiger partial charge < -0.3 is 10.4 Å². The molecule has 5 nitrogen and oxygen atoms in total. The van der Waals surface area contributed by atoms with Crippen molar-refractivity contribution in [1.29, 1.82) is 0 Å². The van der Waals surface area contributed by atoms with Crippen LogP contribution in [0.3, 0.4) is 0 Å². The van der Waals surface area contributed by atoms with Crippen LogP contribution in [0.4, 0.5) is 5.82 Å². The van der Waals surface area contributed by atoms with E-state index < -0.39 is 6.10 Å². The maximum Gasteiger partial charge on any atom is 0.228 e. The fourth-order valence-corrected chi connectivity index (χ4v) is 1.78. The summed E-state index contributed by atoms with van der Waals surface area (Å²) in [6, 6.07) is 10.9. The van der Waals surface area contributed by atoms with Gasteiger partial charge in [-0.25, -0.2) is 0 Å². The van der Waals surface area contributed by atoms with Crippen LogP contribution >= 0.6 is 0 Å². The maximum atomic E-state index is 11.8. The molecule has 2 rings (SSSR count). The van der Waals surface area contributed by atoms with Gasteiger partial charge in [0.2, 0.25) is 5.91 Å². The molecule has 0 bridgehead atoms. The van der Waals surface area contributed by atoms with Crippen LogP contribution in [0, 0.1) is 6.92 Å². The Labute approximate surface area is 111 Å². The zero-order chi connectivity index (χ0) is 13.8. The van der Waals surface area contributed by atoms with Crippen LogP contribution in [0.25, 0.3) is 0 Å². The smallest absolute Gasteiger partial charge is 0.228 e. The van der Waals surface area contributed by atoms with Crippen molar-refractivity contribution in [1.82, 2.24) is 9.78 Å². The number of nitrogens with one attached hydrogen (secondary N) is 1. The monoisotopic (exact) mass is 259 g/mol. The number of rotatable bonds is 4. The van der Waals surface area contributed by atoms with Gasteiger partial charge in [0.25, 0.3) is 0 Å². The van der Waals surface area contributed by atoms with Gasteiger partial charge in [-0.2, -0.15) is 5.10 Å². The predicted molar refractivity (Wildman–Crippen MR) is 72.6 cm³/mol. The van der Waals surface area contributed by atoms with Crippen molar-refractivity contribution in [2.45, 2.75) is 19.4 Å². The lowest BCUT2D eigenvalue weighted by Crippen LogP contribution is -2.16. The molecule has 0 saturated heterocycles. The molecule has 2 aromatic rings. The summed E-state index contributed by atoms with van der Waals surface area (Å²) in [5.74, 6) is 0.250. The normalized spacial score (nSPS) is 12.2. The Morgan fingerprint density at radius 3 is 2.68 bits per heavy atom. The summed E-state index contributed by atoms with van der Waals surface area (Å²) in [6.45, 7) is 1.90. The molecule has 100 valence electrons. The molecule has 1 atom stereocenters. The van der Waals surface area contributed by atoms with Gasteiger partial charge in [0.05, 0.1) is 12.5 Å². The Kier molecular flexibility index (Phi) is 3.97. The number of anilines is 1. The third-order valence-corrected chi connectivity index (χ3v) is 2.94. The average Bonchev–Trinajstić information content (AvgIpc) is 2.69. The highest BCUT2D eigenvalue weighted by molar-refractivity contribution is 5.90. The highest BCUT2D eigenvalue weighted by Crippen LogP contribution is 2.17. The summed E-state index contributed by atoms with van der Waals surface area (Å²) in [5.41, 5.74) is 1.69. The van der Waals surface area contributed by atoms with Crippen LogP contribution in [0.15, 0.2) is 36.4 Å². The number of hydrogen-bond donors (Lipinski definition) is 2. The van der Waals surface area contributed by atoms with Crippen LogP contribution in [-0.4, -0.2) is 20.8 Å². The van der Waals surface area contributed by atoms with E-state index in [1.165, 1.54) is 0 Å². The van der Waals surface area contributed by atoms with Gasteiger partial charge in [-0.15, -0.1) is 0 Å². The van der Waals surface area contributed by atoms with E-state index in [0.29, 0.717) is 5.82 Å². The number of aliphatic hydroxyl groups excluding tert-OH is 1. The first kappa shape index (κ1) is 13.3. The third kappa shape index (κ3) is 3.42. The summed E-state index contributed by atoms with van der Waals surface area (Å²) < 4.78 is 1.68. The summed E-state index contributed by atoms with van der Waals surface area (Å²) >= 11 is 0. The van der Waals surface area contributed by atoms with E-state index in [9.17, 15) is 9.90 Å². The zero-order valence-corrected chi connectivity index (χ0v) is 11.0. The first-order chi connectivity index (χ1) is 9.06. The largest absolute Gasteiger partial charge is 0.388 e. The molecule has 0 radical (unpaired) electrons. The van der Waals surface area contributed by atoms with Gasteiger partial charge in [-0.1, -0.05) is 30.3 Å². The molecular formula is C14H17N3O2. The van der Waals surface area contributed by atoms with Crippen molar-refractivity contribution in [2.24, 2.45) is 7.05 Å². The van der Waals surface area contributed by atoms with Crippen LogP contribution in [0.1, 0.15) is 23.8 Å². The third-order valence-electron chi connectivity index (χ3n) is 2.94. The maximum absolute atomic E-state index is 11.8. The summed E-state index contributed by atoms with van der Waals surface area (Å²) in [6.07, 6.45) is -0.786. The number of aromatic nitrogens is 2. The van der Waals surface area contributed by atoms with Crippen molar-refractivity contribution in [3.63, 3.8) is 0 Å². The number of carbonyl (C=O) groups excluding carboxylic acids is 1. The number of benzene rings is 1. The van der Waals surface area contributed by atoms with Gasteiger partial charge in [0, 0.05) is 18.8 Å². The molecule has 1 aromatic heterocycles. The molecule has 1 unspecified atom stereocenters. The number of aryl methyl sites for hydroxylation is 2. The fourth-order valence-electron chi connectivity index (χ4n) is 1.78. The molecule has 0 aliphatic carbocycles. The number of nitrogens with zero attached hydrogens (tertiary/aromatic N) is 2. The molecule has 0 saturated carbocycles. The second-order valence-electron chi connectivity index (χ2n) is 4.47. The van der Waals surface area contributed by atoms with Gasteiger partial charge >= 0.3 is 0 Å². The van der Waals surface area contributed by atoms with Crippen molar-refractivity contribution in [3.8, 4) is 0 Å². The van der Waals surface area contributed by atoms with Crippen LogP contribution in [-0.2, 0) is 11.8 Å². The first-order valence-corrected chi connectivity index (χ1v) is 6.10. The standard InChI is InChI=1S/C14H17N3O2/c1-10-8-13(16-17(10)2)15-14(19)9-12(18)11-6-4-3-5-7-11/h3-8,12,18H,9H2,1-2H3,(H,15,16,19). The molecule has 1 aromatic carbocycles. The average molecular weight is 259 g/mol. The Balaban J connectivity index is 1.94. The summed E-state index contributed by atoms with van der Waals surface area (Å²) in [4.78, 5) is 11.8. The number of aliphatic hydroxyl groups is 1. The molecule has 1 heterocycles.